The molecule has 6 heteroatoms. The number of guanidine groups is 1. The van der Waals surface area contributed by atoms with Crippen molar-refractivity contribution < 1.29 is 4.79 Å². The molecule has 27 heavy (non-hydrogen) atoms. The van der Waals surface area contributed by atoms with Crippen LogP contribution < -0.4 is 20.9 Å². The van der Waals surface area contributed by atoms with Crippen LogP contribution in [0.1, 0.15) is 46.1 Å². The molecule has 150 valence electrons. The molecule has 0 aromatic heterocycles. The number of nitrogens with one attached hydrogen (secondary N) is 3. The Hall–Kier alpha value is -2.24. The third kappa shape index (κ3) is 7.49. The van der Waals surface area contributed by atoms with Gasteiger partial charge in [-0.15, -0.1) is 0 Å². The number of aliphatic imine (C=N–C) groups is 1. The summed E-state index contributed by atoms with van der Waals surface area (Å²) in [6.07, 6.45) is 2.29. The highest BCUT2D eigenvalue weighted by molar-refractivity contribution is 5.82. The molecule has 0 spiro atoms. The second-order valence-corrected chi connectivity index (χ2v) is 8.51. The molecule has 1 aliphatic heterocycles. The zero-order chi connectivity index (χ0) is 19.9. The van der Waals surface area contributed by atoms with Crippen LogP contribution in [0.3, 0.4) is 0 Å². The first-order valence-corrected chi connectivity index (χ1v) is 9.84. The number of hydrogen-bond donors (Lipinski definition) is 3. The summed E-state index contributed by atoms with van der Waals surface area (Å²) in [4.78, 5) is 18.0. The first-order valence-electron chi connectivity index (χ1n) is 9.84. The number of amides is 1. The molecule has 0 radical (unpaired) electrons. The van der Waals surface area contributed by atoms with Crippen LogP contribution in [0.2, 0.25) is 0 Å². The van der Waals surface area contributed by atoms with Crippen LogP contribution in [0.25, 0.3) is 0 Å². The predicted molar refractivity (Wildman–Crippen MR) is 113 cm³/mol. The van der Waals surface area contributed by atoms with Crippen LogP contribution in [0.4, 0.5) is 5.69 Å². The maximum Gasteiger partial charge on any atom is 0.239 e. The summed E-state index contributed by atoms with van der Waals surface area (Å²) in [5.74, 6) is 0.913. The molecular weight excluding hydrogens is 338 g/mol. The number of anilines is 1. The Kier molecular flexibility index (Phi) is 7.51. The van der Waals surface area contributed by atoms with E-state index in [1.54, 1.807) is 7.05 Å². The van der Waals surface area contributed by atoms with Gasteiger partial charge in [0.2, 0.25) is 5.91 Å². The van der Waals surface area contributed by atoms with E-state index in [2.05, 4.69) is 77.8 Å². The number of carbonyl (C=O) groups excluding carboxylic acids is 1. The Morgan fingerprint density at radius 3 is 2.59 bits per heavy atom. The van der Waals surface area contributed by atoms with Crippen LogP contribution in [-0.4, -0.2) is 44.6 Å². The lowest BCUT2D eigenvalue weighted by atomic mass is 9.89. The molecule has 1 atom stereocenters. The minimum Gasteiger partial charge on any atom is -0.360 e. The summed E-state index contributed by atoms with van der Waals surface area (Å²) >= 11 is 0. The van der Waals surface area contributed by atoms with Crippen molar-refractivity contribution in [2.75, 3.05) is 31.6 Å². The largest absolute Gasteiger partial charge is 0.360 e. The van der Waals surface area contributed by atoms with Crippen molar-refractivity contribution >= 4 is 17.6 Å². The monoisotopic (exact) mass is 373 g/mol. The van der Waals surface area contributed by atoms with Gasteiger partial charge in [-0.3, -0.25) is 9.79 Å². The van der Waals surface area contributed by atoms with Gasteiger partial charge in [-0.25, -0.2) is 0 Å². The fourth-order valence-electron chi connectivity index (χ4n) is 3.02. The second-order valence-electron chi connectivity index (χ2n) is 8.51. The molecule has 1 amide bonds. The summed E-state index contributed by atoms with van der Waals surface area (Å²) in [7, 11) is 1.80. The molecule has 1 aliphatic rings. The SMILES string of the molecule is CN=C(NCc1ccc(N2CCNC(=O)C2)cc1)NC(C)CCC(C)(C)C. The van der Waals surface area contributed by atoms with E-state index >= 15 is 0 Å². The van der Waals surface area contributed by atoms with E-state index in [-0.39, 0.29) is 5.91 Å². The van der Waals surface area contributed by atoms with Crippen LogP contribution >= 0.6 is 0 Å². The van der Waals surface area contributed by atoms with Crippen molar-refractivity contribution in [3.63, 3.8) is 0 Å². The average molecular weight is 374 g/mol. The first kappa shape index (κ1) is 21.1. The smallest absolute Gasteiger partial charge is 0.239 e. The Morgan fingerprint density at radius 2 is 2.00 bits per heavy atom. The van der Waals surface area contributed by atoms with Gasteiger partial charge >= 0.3 is 0 Å². The van der Waals surface area contributed by atoms with Gasteiger partial charge < -0.3 is 20.9 Å². The Labute approximate surface area is 163 Å². The maximum absolute atomic E-state index is 11.5. The molecule has 1 unspecified atom stereocenters. The minimum absolute atomic E-state index is 0.0856. The number of rotatable bonds is 6. The van der Waals surface area contributed by atoms with Gasteiger partial charge in [0.1, 0.15) is 0 Å². The number of nitrogens with zero attached hydrogens (tertiary/aromatic N) is 2. The lowest BCUT2D eigenvalue weighted by Gasteiger charge is -2.28. The third-order valence-corrected chi connectivity index (χ3v) is 4.73. The topological polar surface area (TPSA) is 68.8 Å². The predicted octanol–water partition coefficient (Wildman–Crippen LogP) is 2.50. The third-order valence-electron chi connectivity index (χ3n) is 4.73. The molecule has 0 bridgehead atoms. The van der Waals surface area contributed by atoms with E-state index in [0.717, 1.165) is 24.6 Å². The maximum atomic E-state index is 11.5. The van der Waals surface area contributed by atoms with Crippen LogP contribution in [-0.2, 0) is 11.3 Å². The average Bonchev–Trinajstić information content (AvgIpc) is 2.63. The highest BCUT2D eigenvalue weighted by Crippen LogP contribution is 2.21. The quantitative estimate of drug-likeness (QED) is 0.529. The normalized spacial score (nSPS) is 16.7. The van der Waals surface area contributed by atoms with Crippen LogP contribution in [0.15, 0.2) is 29.3 Å². The van der Waals surface area contributed by atoms with E-state index in [4.69, 9.17) is 0 Å². The van der Waals surface area contributed by atoms with Gasteiger partial charge in [0.05, 0.1) is 6.54 Å². The second kappa shape index (κ2) is 9.62. The van der Waals surface area contributed by atoms with Crippen LogP contribution in [0.5, 0.6) is 0 Å². The molecule has 1 aromatic carbocycles. The molecule has 3 N–H and O–H groups in total. The summed E-state index contributed by atoms with van der Waals surface area (Å²) < 4.78 is 0. The van der Waals surface area contributed by atoms with E-state index < -0.39 is 0 Å². The summed E-state index contributed by atoms with van der Waals surface area (Å²) in [6, 6.07) is 8.74. The summed E-state index contributed by atoms with van der Waals surface area (Å²) in [5.41, 5.74) is 2.63. The number of hydrogen-bond acceptors (Lipinski definition) is 3. The molecule has 1 fully saturated rings. The van der Waals surface area contributed by atoms with Crippen molar-refractivity contribution in [1.29, 1.82) is 0 Å². The lowest BCUT2D eigenvalue weighted by molar-refractivity contribution is -0.120. The van der Waals surface area contributed by atoms with Crippen molar-refractivity contribution in [2.24, 2.45) is 10.4 Å². The minimum atomic E-state index is 0.0856. The summed E-state index contributed by atoms with van der Waals surface area (Å²) in [6.45, 7) is 11.7. The van der Waals surface area contributed by atoms with Gasteiger partial charge in [0.15, 0.2) is 5.96 Å². The van der Waals surface area contributed by atoms with Crippen molar-refractivity contribution in [2.45, 2.75) is 53.1 Å². The highest BCUT2D eigenvalue weighted by atomic mass is 16.2. The molecule has 0 aliphatic carbocycles. The fraction of sp³-hybridized carbons (Fsp3) is 0.619. The molecule has 1 aromatic rings. The standard InChI is InChI=1S/C21H35N5O/c1-16(10-11-21(2,3)4)25-20(22-5)24-14-17-6-8-18(9-7-17)26-13-12-23-19(27)15-26/h6-9,16H,10-15H2,1-5H3,(H,23,27)(H2,22,24,25). The molecule has 1 saturated heterocycles. The highest BCUT2D eigenvalue weighted by Gasteiger charge is 2.16. The molecular formula is C21H35N5O. The molecule has 0 saturated carbocycles. The van der Waals surface area contributed by atoms with Crippen LogP contribution in [0, 0.1) is 5.41 Å². The van der Waals surface area contributed by atoms with Gasteiger partial charge in [0, 0.05) is 38.4 Å². The number of benzene rings is 1. The zero-order valence-electron chi connectivity index (χ0n) is 17.4. The summed E-state index contributed by atoms with van der Waals surface area (Å²) in [5, 5.41) is 9.70. The molecule has 2 rings (SSSR count). The van der Waals surface area contributed by atoms with E-state index in [9.17, 15) is 4.79 Å². The lowest BCUT2D eigenvalue weighted by Crippen LogP contribution is -2.47. The van der Waals surface area contributed by atoms with E-state index in [1.807, 2.05) is 0 Å². The van der Waals surface area contributed by atoms with Crippen molar-refractivity contribution in [1.82, 2.24) is 16.0 Å². The molecule has 6 nitrogen and oxygen atoms in total. The zero-order valence-corrected chi connectivity index (χ0v) is 17.4. The fourth-order valence-corrected chi connectivity index (χ4v) is 3.02. The number of piperazine rings is 1. The van der Waals surface area contributed by atoms with E-state index in [1.165, 1.54) is 12.0 Å². The first-order chi connectivity index (χ1) is 12.8. The van der Waals surface area contributed by atoms with E-state index in [0.29, 0.717) is 31.1 Å². The Balaban J connectivity index is 1.81. The van der Waals surface area contributed by atoms with Gasteiger partial charge in [-0.2, -0.15) is 0 Å². The van der Waals surface area contributed by atoms with Gasteiger partial charge in [-0.1, -0.05) is 32.9 Å². The van der Waals surface area contributed by atoms with Crippen molar-refractivity contribution in [3.05, 3.63) is 29.8 Å². The Morgan fingerprint density at radius 1 is 1.30 bits per heavy atom. The van der Waals surface area contributed by atoms with Crippen molar-refractivity contribution in [3.8, 4) is 0 Å². The van der Waals surface area contributed by atoms with Gasteiger partial charge in [0.25, 0.3) is 0 Å². The Bertz CT molecular complexity index is 633. The number of carbonyl (C=O) groups is 1. The molecule has 1 heterocycles. The van der Waals surface area contributed by atoms with Gasteiger partial charge in [-0.05, 0) is 42.9 Å².